The maximum absolute atomic E-state index is 12.1. The number of nitrogens with zero attached hydrogens (tertiary/aromatic N) is 2. The molecule has 4 heteroatoms. The summed E-state index contributed by atoms with van der Waals surface area (Å²) in [6.45, 7) is 4.23. The predicted molar refractivity (Wildman–Crippen MR) is 72.4 cm³/mol. The van der Waals surface area contributed by atoms with Gasteiger partial charge in [0.2, 0.25) is 5.88 Å². The van der Waals surface area contributed by atoms with E-state index >= 15 is 0 Å². The minimum absolute atomic E-state index is 0.0427. The predicted octanol–water partition coefficient (Wildman–Crippen LogP) is 2.61. The third-order valence-electron chi connectivity index (χ3n) is 2.60. The van der Waals surface area contributed by atoms with Crippen LogP contribution in [0.2, 0.25) is 0 Å². The van der Waals surface area contributed by atoms with Gasteiger partial charge in [-0.2, -0.15) is 4.98 Å². The van der Waals surface area contributed by atoms with Crippen molar-refractivity contribution in [2.45, 2.75) is 20.3 Å². The zero-order chi connectivity index (χ0) is 13.7. The highest BCUT2D eigenvalue weighted by atomic mass is 16.5. The number of aryl methyl sites for hydroxylation is 1. The van der Waals surface area contributed by atoms with Gasteiger partial charge in [-0.25, -0.2) is 4.98 Å². The Kier molecular flexibility index (Phi) is 4.23. The van der Waals surface area contributed by atoms with E-state index in [-0.39, 0.29) is 12.2 Å². The largest absolute Gasteiger partial charge is 0.478 e. The van der Waals surface area contributed by atoms with Crippen LogP contribution in [0.3, 0.4) is 0 Å². The summed E-state index contributed by atoms with van der Waals surface area (Å²) in [4.78, 5) is 20.5. The van der Waals surface area contributed by atoms with Crippen LogP contribution < -0.4 is 4.74 Å². The molecule has 1 aromatic carbocycles. The summed E-state index contributed by atoms with van der Waals surface area (Å²) in [6, 6.07) is 10.9. The van der Waals surface area contributed by atoms with E-state index in [1.807, 2.05) is 25.1 Å². The third-order valence-corrected chi connectivity index (χ3v) is 2.60. The number of benzene rings is 1. The van der Waals surface area contributed by atoms with Gasteiger partial charge < -0.3 is 4.74 Å². The molecule has 1 heterocycles. The highest BCUT2D eigenvalue weighted by Gasteiger charge is 2.10. The summed E-state index contributed by atoms with van der Waals surface area (Å²) in [5.74, 6) is 1.17. The number of carbonyl (C=O) groups is 1. The summed E-state index contributed by atoms with van der Waals surface area (Å²) < 4.78 is 5.35. The van der Waals surface area contributed by atoms with E-state index in [4.69, 9.17) is 4.74 Å². The van der Waals surface area contributed by atoms with E-state index in [0.717, 1.165) is 0 Å². The Morgan fingerprint density at radius 3 is 2.63 bits per heavy atom. The van der Waals surface area contributed by atoms with Crippen LogP contribution in [0.1, 0.15) is 28.8 Å². The van der Waals surface area contributed by atoms with E-state index in [0.29, 0.717) is 29.6 Å². The molecule has 0 saturated carbocycles. The topological polar surface area (TPSA) is 52.1 Å². The maximum atomic E-state index is 12.1. The monoisotopic (exact) mass is 256 g/mol. The SMILES string of the molecule is CCOc1cc(CC(=O)c2ccccc2)nc(C)n1. The fraction of sp³-hybridized carbons (Fsp3) is 0.267. The van der Waals surface area contributed by atoms with Gasteiger partial charge >= 0.3 is 0 Å². The molecular weight excluding hydrogens is 240 g/mol. The Labute approximate surface area is 112 Å². The molecule has 0 aliphatic carbocycles. The molecule has 0 fully saturated rings. The van der Waals surface area contributed by atoms with Crippen LogP contribution in [-0.2, 0) is 6.42 Å². The quantitative estimate of drug-likeness (QED) is 0.772. The van der Waals surface area contributed by atoms with Crippen LogP contribution in [0.25, 0.3) is 0 Å². The van der Waals surface area contributed by atoms with Gasteiger partial charge in [-0.3, -0.25) is 4.79 Å². The zero-order valence-corrected chi connectivity index (χ0v) is 11.1. The van der Waals surface area contributed by atoms with Crippen molar-refractivity contribution in [3.63, 3.8) is 0 Å². The summed E-state index contributed by atoms with van der Waals surface area (Å²) in [5.41, 5.74) is 1.38. The molecule has 0 atom stereocenters. The van der Waals surface area contributed by atoms with Gasteiger partial charge in [0.05, 0.1) is 18.7 Å². The molecule has 0 amide bonds. The Bertz CT molecular complexity index is 568. The standard InChI is InChI=1S/C15H16N2O2/c1-3-19-15-10-13(16-11(2)17-15)9-14(18)12-7-5-4-6-8-12/h4-8,10H,3,9H2,1-2H3. The number of ketones is 1. The minimum atomic E-state index is 0.0427. The highest BCUT2D eigenvalue weighted by Crippen LogP contribution is 2.12. The van der Waals surface area contributed by atoms with Crippen molar-refractivity contribution >= 4 is 5.78 Å². The van der Waals surface area contributed by atoms with Crippen LogP contribution in [0.5, 0.6) is 5.88 Å². The van der Waals surface area contributed by atoms with E-state index in [9.17, 15) is 4.79 Å². The molecule has 0 radical (unpaired) electrons. The van der Waals surface area contributed by atoms with E-state index in [1.54, 1.807) is 25.1 Å². The van der Waals surface area contributed by atoms with Crippen LogP contribution in [0.4, 0.5) is 0 Å². The van der Waals surface area contributed by atoms with Crippen molar-refractivity contribution in [1.29, 1.82) is 0 Å². The van der Waals surface area contributed by atoms with Crippen LogP contribution in [0.15, 0.2) is 36.4 Å². The van der Waals surface area contributed by atoms with Gasteiger partial charge in [0, 0.05) is 11.6 Å². The lowest BCUT2D eigenvalue weighted by atomic mass is 10.1. The van der Waals surface area contributed by atoms with Crippen molar-refractivity contribution in [3.05, 3.63) is 53.5 Å². The van der Waals surface area contributed by atoms with Crippen molar-refractivity contribution in [3.8, 4) is 5.88 Å². The number of aromatic nitrogens is 2. The van der Waals surface area contributed by atoms with Crippen LogP contribution >= 0.6 is 0 Å². The molecular formula is C15H16N2O2. The number of hydrogen-bond donors (Lipinski definition) is 0. The third kappa shape index (κ3) is 3.61. The summed E-state index contributed by atoms with van der Waals surface area (Å²) >= 11 is 0. The smallest absolute Gasteiger partial charge is 0.216 e. The number of Topliss-reactive ketones (excluding diaryl/α,β-unsaturated/α-hetero) is 1. The molecule has 4 nitrogen and oxygen atoms in total. The first-order chi connectivity index (χ1) is 9.19. The van der Waals surface area contributed by atoms with Crippen LogP contribution in [-0.4, -0.2) is 22.4 Å². The van der Waals surface area contributed by atoms with Crippen molar-refractivity contribution in [2.75, 3.05) is 6.61 Å². The summed E-state index contributed by atoms with van der Waals surface area (Å²) in [5, 5.41) is 0. The molecule has 1 aromatic heterocycles. The van der Waals surface area contributed by atoms with E-state index < -0.39 is 0 Å². The molecule has 0 unspecified atom stereocenters. The molecule has 0 saturated heterocycles. The van der Waals surface area contributed by atoms with Crippen molar-refractivity contribution in [2.24, 2.45) is 0 Å². The number of carbonyl (C=O) groups excluding carboxylic acids is 1. The average Bonchev–Trinajstić information content (AvgIpc) is 2.39. The highest BCUT2D eigenvalue weighted by molar-refractivity contribution is 5.97. The second kappa shape index (κ2) is 6.09. The zero-order valence-electron chi connectivity index (χ0n) is 11.1. The van der Waals surface area contributed by atoms with Gasteiger partial charge in [0.1, 0.15) is 5.82 Å². The lowest BCUT2D eigenvalue weighted by molar-refractivity contribution is 0.0992. The van der Waals surface area contributed by atoms with E-state index in [2.05, 4.69) is 9.97 Å². The van der Waals surface area contributed by atoms with Crippen molar-refractivity contribution in [1.82, 2.24) is 9.97 Å². The molecule has 0 N–H and O–H groups in total. The maximum Gasteiger partial charge on any atom is 0.216 e. The van der Waals surface area contributed by atoms with Gasteiger partial charge in [-0.15, -0.1) is 0 Å². The molecule has 0 aliphatic heterocycles. The first kappa shape index (κ1) is 13.2. The molecule has 0 aliphatic rings. The average molecular weight is 256 g/mol. The molecule has 2 aromatic rings. The first-order valence-electron chi connectivity index (χ1n) is 6.24. The Morgan fingerprint density at radius 1 is 1.21 bits per heavy atom. The first-order valence-corrected chi connectivity index (χ1v) is 6.24. The normalized spacial score (nSPS) is 10.2. The number of rotatable bonds is 5. The second-order valence-electron chi connectivity index (χ2n) is 4.14. The molecule has 0 bridgehead atoms. The van der Waals surface area contributed by atoms with Gasteiger partial charge in [-0.1, -0.05) is 30.3 Å². The molecule has 2 rings (SSSR count). The fourth-order valence-corrected chi connectivity index (χ4v) is 1.80. The summed E-state index contributed by atoms with van der Waals surface area (Å²) in [7, 11) is 0. The molecule has 0 spiro atoms. The van der Waals surface area contributed by atoms with Gasteiger partial charge in [-0.05, 0) is 13.8 Å². The lowest BCUT2D eigenvalue weighted by Crippen LogP contribution is -2.07. The van der Waals surface area contributed by atoms with Crippen LogP contribution in [0, 0.1) is 6.92 Å². The Balaban J connectivity index is 2.17. The molecule has 19 heavy (non-hydrogen) atoms. The Morgan fingerprint density at radius 2 is 1.95 bits per heavy atom. The van der Waals surface area contributed by atoms with E-state index in [1.165, 1.54) is 0 Å². The number of ether oxygens (including phenoxy) is 1. The minimum Gasteiger partial charge on any atom is -0.478 e. The fourth-order valence-electron chi connectivity index (χ4n) is 1.80. The lowest BCUT2D eigenvalue weighted by Gasteiger charge is -2.06. The second-order valence-corrected chi connectivity index (χ2v) is 4.14. The number of hydrogen-bond acceptors (Lipinski definition) is 4. The van der Waals surface area contributed by atoms with Crippen molar-refractivity contribution < 1.29 is 9.53 Å². The summed E-state index contributed by atoms with van der Waals surface area (Å²) in [6.07, 6.45) is 0.257. The van der Waals surface area contributed by atoms with Gasteiger partial charge in [0.15, 0.2) is 5.78 Å². The Hall–Kier alpha value is -2.23. The van der Waals surface area contributed by atoms with Gasteiger partial charge in [0.25, 0.3) is 0 Å². The molecule has 98 valence electrons.